The summed E-state index contributed by atoms with van der Waals surface area (Å²) in [4.78, 5) is 27.7. The lowest BCUT2D eigenvalue weighted by Gasteiger charge is -2.16. The second-order valence-electron chi connectivity index (χ2n) is 3.98. The fourth-order valence-corrected chi connectivity index (χ4v) is 1.91. The number of hydrogen-bond acceptors (Lipinski definition) is 4. The molecular formula is C11H16N4O2. The van der Waals surface area contributed by atoms with Crippen molar-refractivity contribution in [1.29, 1.82) is 0 Å². The summed E-state index contributed by atoms with van der Waals surface area (Å²) in [5.74, 6) is -0.162. The fourth-order valence-electron chi connectivity index (χ4n) is 1.91. The van der Waals surface area contributed by atoms with Gasteiger partial charge in [-0.2, -0.15) is 0 Å². The summed E-state index contributed by atoms with van der Waals surface area (Å²) < 4.78 is 1.37. The van der Waals surface area contributed by atoms with Crippen molar-refractivity contribution in [2.45, 2.75) is 26.4 Å². The first-order chi connectivity index (χ1) is 8.22. The molecule has 0 saturated heterocycles. The Morgan fingerprint density at radius 2 is 2.47 bits per heavy atom. The van der Waals surface area contributed by atoms with E-state index in [-0.39, 0.29) is 18.0 Å². The first-order valence-electron chi connectivity index (χ1n) is 5.77. The van der Waals surface area contributed by atoms with Gasteiger partial charge in [-0.25, -0.2) is 4.98 Å². The lowest BCUT2D eigenvalue weighted by molar-refractivity contribution is -0.121. The number of nitrogens with one attached hydrogen (secondary N) is 2. The van der Waals surface area contributed by atoms with Crippen LogP contribution in [0.5, 0.6) is 0 Å². The highest BCUT2D eigenvalue weighted by molar-refractivity contribution is 5.75. The maximum atomic E-state index is 12.1. The Morgan fingerprint density at radius 3 is 3.24 bits per heavy atom. The van der Waals surface area contributed by atoms with Crippen molar-refractivity contribution in [1.82, 2.24) is 20.2 Å². The van der Waals surface area contributed by atoms with E-state index >= 15 is 0 Å². The first kappa shape index (κ1) is 11.8. The van der Waals surface area contributed by atoms with E-state index in [9.17, 15) is 9.59 Å². The molecule has 1 aliphatic heterocycles. The second-order valence-corrected chi connectivity index (χ2v) is 3.98. The molecule has 0 bridgehead atoms. The molecule has 6 nitrogen and oxygen atoms in total. The number of aromatic nitrogens is 2. The molecule has 0 aromatic carbocycles. The maximum absolute atomic E-state index is 12.1. The van der Waals surface area contributed by atoms with Crippen LogP contribution in [-0.4, -0.2) is 28.5 Å². The number of carbonyl (C=O) groups is 1. The van der Waals surface area contributed by atoms with Crippen LogP contribution < -0.4 is 16.2 Å². The van der Waals surface area contributed by atoms with E-state index in [0.717, 1.165) is 17.8 Å². The van der Waals surface area contributed by atoms with Crippen molar-refractivity contribution in [3.8, 4) is 0 Å². The van der Waals surface area contributed by atoms with Crippen LogP contribution in [0, 0.1) is 0 Å². The van der Waals surface area contributed by atoms with Gasteiger partial charge in [-0.15, -0.1) is 0 Å². The van der Waals surface area contributed by atoms with E-state index in [0.29, 0.717) is 19.5 Å². The van der Waals surface area contributed by atoms with Gasteiger partial charge in [-0.1, -0.05) is 0 Å². The highest BCUT2D eigenvalue weighted by Gasteiger charge is 2.15. The van der Waals surface area contributed by atoms with Crippen molar-refractivity contribution in [2.75, 3.05) is 13.1 Å². The van der Waals surface area contributed by atoms with Gasteiger partial charge in [-0.3, -0.25) is 14.2 Å². The fraction of sp³-hybridized carbons (Fsp3) is 0.545. The zero-order valence-corrected chi connectivity index (χ0v) is 9.82. The van der Waals surface area contributed by atoms with Crippen LogP contribution in [0.2, 0.25) is 0 Å². The van der Waals surface area contributed by atoms with E-state index in [1.165, 1.54) is 10.9 Å². The predicted molar refractivity (Wildman–Crippen MR) is 62.6 cm³/mol. The molecule has 1 aliphatic rings. The molecular weight excluding hydrogens is 220 g/mol. The Balaban J connectivity index is 2.24. The molecule has 0 unspecified atom stereocenters. The quantitative estimate of drug-likeness (QED) is 0.707. The summed E-state index contributed by atoms with van der Waals surface area (Å²) >= 11 is 0. The van der Waals surface area contributed by atoms with E-state index in [2.05, 4.69) is 15.6 Å². The van der Waals surface area contributed by atoms with Crippen LogP contribution in [0.15, 0.2) is 11.1 Å². The zero-order chi connectivity index (χ0) is 12.3. The molecule has 0 radical (unpaired) electrons. The Bertz CT molecular complexity index is 481. The van der Waals surface area contributed by atoms with Crippen molar-refractivity contribution < 1.29 is 4.79 Å². The molecule has 1 aromatic heterocycles. The summed E-state index contributed by atoms with van der Waals surface area (Å²) in [5, 5.41) is 5.82. The second kappa shape index (κ2) is 5.09. The summed E-state index contributed by atoms with van der Waals surface area (Å²) in [6.07, 6.45) is 2.13. The van der Waals surface area contributed by atoms with Gasteiger partial charge in [-0.05, 0) is 19.9 Å². The largest absolute Gasteiger partial charge is 0.355 e. The molecule has 6 heteroatoms. The van der Waals surface area contributed by atoms with Gasteiger partial charge in [0, 0.05) is 18.7 Å². The molecule has 0 aliphatic carbocycles. The topological polar surface area (TPSA) is 76.0 Å². The van der Waals surface area contributed by atoms with Crippen molar-refractivity contribution in [3.05, 3.63) is 27.9 Å². The van der Waals surface area contributed by atoms with E-state index < -0.39 is 0 Å². The van der Waals surface area contributed by atoms with Gasteiger partial charge < -0.3 is 10.6 Å². The minimum absolute atomic E-state index is 0.0420. The highest BCUT2D eigenvalue weighted by Crippen LogP contribution is 2.04. The molecule has 0 spiro atoms. The molecule has 1 aromatic rings. The van der Waals surface area contributed by atoms with Crippen LogP contribution in [0.1, 0.15) is 18.2 Å². The van der Waals surface area contributed by atoms with Crippen LogP contribution in [0.4, 0.5) is 0 Å². The number of amides is 1. The molecule has 2 N–H and O–H groups in total. The van der Waals surface area contributed by atoms with Crippen LogP contribution in [0.3, 0.4) is 0 Å². The molecule has 2 rings (SSSR count). The SMILES string of the molecule is CCNC(=O)Cn1cnc2c(c1=O)CCNC2. The van der Waals surface area contributed by atoms with Crippen LogP contribution >= 0.6 is 0 Å². The number of likely N-dealkylation sites (N-methyl/N-ethyl adjacent to an activating group) is 1. The van der Waals surface area contributed by atoms with Crippen molar-refractivity contribution >= 4 is 5.91 Å². The lowest BCUT2D eigenvalue weighted by Crippen LogP contribution is -2.37. The monoisotopic (exact) mass is 236 g/mol. The van der Waals surface area contributed by atoms with Gasteiger partial charge in [0.15, 0.2) is 0 Å². The van der Waals surface area contributed by atoms with E-state index in [4.69, 9.17) is 0 Å². The van der Waals surface area contributed by atoms with E-state index in [1.807, 2.05) is 6.92 Å². The normalized spacial score (nSPS) is 14.2. The average molecular weight is 236 g/mol. The third-order valence-corrected chi connectivity index (χ3v) is 2.75. The van der Waals surface area contributed by atoms with Gasteiger partial charge in [0.1, 0.15) is 6.54 Å². The Morgan fingerprint density at radius 1 is 1.65 bits per heavy atom. The number of nitrogens with zero attached hydrogens (tertiary/aromatic N) is 2. The maximum Gasteiger partial charge on any atom is 0.257 e. The highest BCUT2D eigenvalue weighted by atomic mass is 16.2. The van der Waals surface area contributed by atoms with Crippen molar-refractivity contribution in [3.63, 3.8) is 0 Å². The minimum atomic E-state index is -0.162. The third-order valence-electron chi connectivity index (χ3n) is 2.75. The summed E-state index contributed by atoms with van der Waals surface area (Å²) in [6.45, 7) is 3.87. The standard InChI is InChI=1S/C11H16N4O2/c1-2-13-10(16)6-15-7-14-9-5-12-4-3-8(9)11(15)17/h7,12H,2-6H2,1H3,(H,13,16). The molecule has 0 fully saturated rings. The lowest BCUT2D eigenvalue weighted by atomic mass is 10.1. The van der Waals surface area contributed by atoms with Crippen molar-refractivity contribution in [2.24, 2.45) is 0 Å². The van der Waals surface area contributed by atoms with Gasteiger partial charge >= 0.3 is 0 Å². The minimum Gasteiger partial charge on any atom is -0.355 e. The Hall–Kier alpha value is -1.69. The number of fused-ring (bicyclic) bond motifs is 1. The molecule has 1 amide bonds. The Labute approximate surface area is 99.1 Å². The summed E-state index contributed by atoms with van der Waals surface area (Å²) in [7, 11) is 0. The predicted octanol–water partition coefficient (Wildman–Crippen LogP) is -0.975. The summed E-state index contributed by atoms with van der Waals surface area (Å²) in [6, 6.07) is 0. The van der Waals surface area contributed by atoms with Gasteiger partial charge in [0.25, 0.3) is 5.56 Å². The first-order valence-corrected chi connectivity index (χ1v) is 5.77. The smallest absolute Gasteiger partial charge is 0.257 e. The third kappa shape index (κ3) is 2.52. The van der Waals surface area contributed by atoms with Crippen LogP contribution in [0.25, 0.3) is 0 Å². The molecule has 0 atom stereocenters. The Kier molecular flexibility index (Phi) is 3.53. The average Bonchev–Trinajstić information content (AvgIpc) is 2.33. The van der Waals surface area contributed by atoms with Gasteiger partial charge in [0.05, 0.1) is 12.0 Å². The zero-order valence-electron chi connectivity index (χ0n) is 9.82. The van der Waals surface area contributed by atoms with Gasteiger partial charge in [0.2, 0.25) is 5.91 Å². The summed E-state index contributed by atoms with van der Waals surface area (Å²) in [5.41, 5.74) is 1.44. The number of hydrogen-bond donors (Lipinski definition) is 2. The molecule has 17 heavy (non-hydrogen) atoms. The number of rotatable bonds is 3. The molecule has 0 saturated carbocycles. The molecule has 2 heterocycles. The molecule has 92 valence electrons. The van der Waals surface area contributed by atoms with Crippen LogP contribution in [-0.2, 0) is 24.3 Å². The number of carbonyl (C=O) groups excluding carboxylic acids is 1. The van der Waals surface area contributed by atoms with E-state index in [1.54, 1.807) is 0 Å².